The van der Waals surface area contributed by atoms with Crippen molar-refractivity contribution in [1.82, 2.24) is 15.0 Å². The Morgan fingerprint density at radius 3 is 2.65 bits per heavy atom. The molecule has 0 radical (unpaired) electrons. The van der Waals surface area contributed by atoms with Gasteiger partial charge in [0.1, 0.15) is 16.9 Å². The number of carbonyl (C=O) groups is 1. The number of amides is 1. The number of carbonyl (C=O) groups excluding carboxylic acids is 1. The molecule has 1 atom stereocenters. The van der Waals surface area contributed by atoms with Crippen LogP contribution in [0, 0.1) is 5.82 Å². The minimum atomic E-state index is -0.453. The van der Waals surface area contributed by atoms with Gasteiger partial charge in [0.05, 0.1) is 12.8 Å². The third-order valence-corrected chi connectivity index (χ3v) is 5.36. The van der Waals surface area contributed by atoms with Crippen LogP contribution in [0.3, 0.4) is 0 Å². The first-order chi connectivity index (χ1) is 14.9. The lowest BCUT2D eigenvalue weighted by atomic mass is 9.83. The van der Waals surface area contributed by atoms with Gasteiger partial charge in [0.15, 0.2) is 11.5 Å². The highest BCUT2D eigenvalue weighted by Gasteiger charge is 2.31. The standard InChI is InChI=1S/C22H17FN4O4/c1-31-18-9-11(8-17(28)22(18)30)14-10-19(29)24-15-6-7-16-21(20(14)15)26-27(25-16)13-4-2-12(23)3-5-13/h2-9,14,28,30H,10H2,1H3,(H,24,29). The van der Waals surface area contributed by atoms with E-state index >= 15 is 0 Å². The summed E-state index contributed by atoms with van der Waals surface area (Å²) in [5.41, 5.74) is 3.67. The van der Waals surface area contributed by atoms with Gasteiger partial charge in [-0.15, -0.1) is 10.2 Å². The SMILES string of the molecule is COc1cc(C2CC(=O)Nc3ccc4nn(-c5ccc(F)cc5)nc4c32)cc(O)c1O. The highest BCUT2D eigenvalue weighted by atomic mass is 19.1. The predicted molar refractivity (Wildman–Crippen MR) is 110 cm³/mol. The average molecular weight is 420 g/mol. The molecule has 8 nitrogen and oxygen atoms in total. The zero-order valence-electron chi connectivity index (χ0n) is 16.3. The van der Waals surface area contributed by atoms with Crippen LogP contribution in [-0.4, -0.2) is 38.2 Å². The van der Waals surface area contributed by atoms with Gasteiger partial charge < -0.3 is 20.3 Å². The number of ether oxygens (including phenoxy) is 1. The molecule has 3 N–H and O–H groups in total. The normalized spacial score (nSPS) is 15.5. The van der Waals surface area contributed by atoms with Crippen molar-refractivity contribution >= 4 is 22.6 Å². The monoisotopic (exact) mass is 420 g/mol. The Labute approximate surface area is 175 Å². The second-order valence-corrected chi connectivity index (χ2v) is 7.26. The first-order valence-electron chi connectivity index (χ1n) is 9.50. The second kappa shape index (κ2) is 6.98. The Balaban J connectivity index is 1.70. The molecule has 5 rings (SSSR count). The number of aromatic hydroxyl groups is 2. The van der Waals surface area contributed by atoms with E-state index in [2.05, 4.69) is 15.5 Å². The molecule has 156 valence electrons. The Hall–Kier alpha value is -4.14. The number of halogens is 1. The zero-order chi connectivity index (χ0) is 21.7. The lowest BCUT2D eigenvalue weighted by Gasteiger charge is -2.26. The summed E-state index contributed by atoms with van der Waals surface area (Å²) in [6.07, 6.45) is 0.114. The van der Waals surface area contributed by atoms with E-state index in [0.717, 1.165) is 5.56 Å². The molecule has 0 aliphatic carbocycles. The molecule has 1 unspecified atom stereocenters. The van der Waals surface area contributed by atoms with Crippen molar-refractivity contribution in [3.8, 4) is 22.9 Å². The summed E-state index contributed by atoms with van der Waals surface area (Å²) in [7, 11) is 1.38. The molecule has 9 heteroatoms. The molecule has 1 amide bonds. The number of hydrogen-bond donors (Lipinski definition) is 3. The molecule has 0 bridgehead atoms. The van der Waals surface area contributed by atoms with Gasteiger partial charge in [-0.1, -0.05) is 0 Å². The number of rotatable bonds is 3. The summed E-state index contributed by atoms with van der Waals surface area (Å²) in [6, 6.07) is 12.3. The van der Waals surface area contributed by atoms with Crippen molar-refractivity contribution in [3.05, 3.63) is 65.5 Å². The van der Waals surface area contributed by atoms with E-state index < -0.39 is 5.92 Å². The smallest absolute Gasteiger partial charge is 0.225 e. The molecule has 0 spiro atoms. The molecule has 1 aromatic heterocycles. The molecule has 0 saturated heterocycles. The van der Waals surface area contributed by atoms with Crippen LogP contribution in [0.2, 0.25) is 0 Å². The Morgan fingerprint density at radius 1 is 1.13 bits per heavy atom. The van der Waals surface area contributed by atoms with Crippen molar-refractivity contribution in [2.45, 2.75) is 12.3 Å². The Morgan fingerprint density at radius 2 is 1.90 bits per heavy atom. The van der Waals surface area contributed by atoms with Gasteiger partial charge in [-0.3, -0.25) is 4.79 Å². The van der Waals surface area contributed by atoms with Crippen LogP contribution in [0.25, 0.3) is 16.7 Å². The van der Waals surface area contributed by atoms with Crippen molar-refractivity contribution in [3.63, 3.8) is 0 Å². The number of nitrogens with zero attached hydrogens (tertiary/aromatic N) is 3. The van der Waals surface area contributed by atoms with Gasteiger partial charge in [-0.25, -0.2) is 4.39 Å². The van der Waals surface area contributed by atoms with Crippen molar-refractivity contribution in [1.29, 1.82) is 0 Å². The zero-order valence-corrected chi connectivity index (χ0v) is 16.3. The molecule has 0 fully saturated rings. The molecule has 0 saturated carbocycles. The summed E-state index contributed by atoms with van der Waals surface area (Å²) in [5.74, 6) is -1.61. The van der Waals surface area contributed by atoms with E-state index in [9.17, 15) is 19.4 Å². The molecule has 4 aromatic rings. The minimum Gasteiger partial charge on any atom is -0.504 e. The highest BCUT2D eigenvalue weighted by molar-refractivity contribution is 6.00. The van der Waals surface area contributed by atoms with E-state index in [1.165, 1.54) is 30.1 Å². The lowest BCUT2D eigenvalue weighted by molar-refractivity contribution is -0.116. The predicted octanol–water partition coefficient (Wildman–Crippen LogP) is 3.45. The van der Waals surface area contributed by atoms with E-state index in [4.69, 9.17) is 4.74 Å². The maximum atomic E-state index is 13.3. The maximum absolute atomic E-state index is 13.3. The number of anilines is 1. The van der Waals surface area contributed by atoms with Crippen LogP contribution in [0.1, 0.15) is 23.5 Å². The van der Waals surface area contributed by atoms with Gasteiger partial charge in [0, 0.05) is 23.6 Å². The molecule has 1 aliphatic rings. The lowest BCUT2D eigenvalue weighted by Crippen LogP contribution is -2.23. The topological polar surface area (TPSA) is 110 Å². The third kappa shape index (κ3) is 3.10. The number of nitrogens with one attached hydrogen (secondary N) is 1. The fourth-order valence-electron chi connectivity index (χ4n) is 3.90. The first kappa shape index (κ1) is 18.9. The molecule has 3 aromatic carbocycles. The number of hydrogen-bond acceptors (Lipinski definition) is 6. The summed E-state index contributed by atoms with van der Waals surface area (Å²) < 4.78 is 18.4. The van der Waals surface area contributed by atoms with Crippen molar-refractivity contribution in [2.75, 3.05) is 12.4 Å². The number of fused-ring (bicyclic) bond motifs is 3. The van der Waals surface area contributed by atoms with Crippen LogP contribution in [-0.2, 0) is 4.79 Å². The minimum absolute atomic E-state index is 0.102. The Bertz CT molecular complexity index is 1330. The fourth-order valence-corrected chi connectivity index (χ4v) is 3.90. The quantitative estimate of drug-likeness (QED) is 0.438. The summed E-state index contributed by atoms with van der Waals surface area (Å²) >= 11 is 0. The van der Waals surface area contributed by atoms with E-state index in [0.29, 0.717) is 28.0 Å². The fraction of sp³-hybridized carbons (Fsp3) is 0.136. The second-order valence-electron chi connectivity index (χ2n) is 7.26. The van der Waals surface area contributed by atoms with Gasteiger partial charge in [0.2, 0.25) is 11.7 Å². The van der Waals surface area contributed by atoms with Crippen LogP contribution >= 0.6 is 0 Å². The maximum Gasteiger partial charge on any atom is 0.225 e. The molecule has 1 aliphatic heterocycles. The molecular formula is C22H17FN4O4. The third-order valence-electron chi connectivity index (χ3n) is 5.36. The van der Waals surface area contributed by atoms with Crippen molar-refractivity contribution in [2.24, 2.45) is 0 Å². The van der Waals surface area contributed by atoms with Gasteiger partial charge in [-0.05, 0) is 54.1 Å². The van der Waals surface area contributed by atoms with Crippen LogP contribution in [0.4, 0.5) is 10.1 Å². The molecule has 31 heavy (non-hydrogen) atoms. The summed E-state index contributed by atoms with van der Waals surface area (Å²) in [4.78, 5) is 13.8. The van der Waals surface area contributed by atoms with Gasteiger partial charge >= 0.3 is 0 Å². The first-order valence-corrected chi connectivity index (χ1v) is 9.50. The number of phenolic OH excluding ortho intramolecular Hbond substituents is 2. The molecule has 2 heterocycles. The average Bonchev–Trinajstić information content (AvgIpc) is 3.19. The number of methoxy groups -OCH3 is 1. The number of aromatic nitrogens is 3. The summed E-state index contributed by atoms with van der Waals surface area (Å²) in [5, 5.41) is 32.1. The van der Waals surface area contributed by atoms with E-state index in [1.807, 2.05) is 0 Å². The van der Waals surface area contributed by atoms with Crippen LogP contribution < -0.4 is 10.1 Å². The van der Waals surface area contributed by atoms with Crippen molar-refractivity contribution < 1.29 is 24.1 Å². The largest absolute Gasteiger partial charge is 0.504 e. The van der Waals surface area contributed by atoms with Gasteiger partial charge in [-0.2, -0.15) is 4.80 Å². The van der Waals surface area contributed by atoms with Crippen LogP contribution in [0.15, 0.2) is 48.5 Å². The van der Waals surface area contributed by atoms with Gasteiger partial charge in [0.25, 0.3) is 0 Å². The number of phenols is 2. The van der Waals surface area contributed by atoms with E-state index in [-0.39, 0.29) is 35.4 Å². The van der Waals surface area contributed by atoms with Crippen LogP contribution in [0.5, 0.6) is 17.2 Å². The van der Waals surface area contributed by atoms with E-state index in [1.54, 1.807) is 30.3 Å². The number of benzene rings is 3. The Kier molecular flexibility index (Phi) is 4.25. The highest BCUT2D eigenvalue weighted by Crippen LogP contribution is 2.45. The molecular weight excluding hydrogens is 403 g/mol. The summed E-state index contributed by atoms with van der Waals surface area (Å²) in [6.45, 7) is 0.